The molecule has 0 aromatic heterocycles. The standard InChI is InChI=1S/C16H7BrCl2F6N2O2/c17-12-7(16(23,24)25)4-6(15(20,21)22)5-10(12)26-14(29)27-13(28)11-8(18)2-1-3-9(11)19/h1-5H,(H2,26,27,28,29). The van der Waals surface area contributed by atoms with Crippen molar-refractivity contribution in [2.75, 3.05) is 5.32 Å². The average molecular weight is 524 g/mol. The van der Waals surface area contributed by atoms with Gasteiger partial charge in [0.25, 0.3) is 5.91 Å². The number of imide groups is 1. The van der Waals surface area contributed by atoms with Crippen molar-refractivity contribution >= 4 is 56.8 Å². The lowest BCUT2D eigenvalue weighted by Crippen LogP contribution is -2.35. The predicted molar refractivity (Wildman–Crippen MR) is 97.1 cm³/mol. The monoisotopic (exact) mass is 522 g/mol. The summed E-state index contributed by atoms with van der Waals surface area (Å²) in [5, 5.41) is 3.25. The first-order valence-corrected chi connectivity index (χ1v) is 8.81. The average Bonchev–Trinajstić information content (AvgIpc) is 2.54. The van der Waals surface area contributed by atoms with Gasteiger partial charge in [-0.2, -0.15) is 26.3 Å². The Balaban J connectivity index is 2.35. The number of hydrogen-bond acceptors (Lipinski definition) is 2. The van der Waals surface area contributed by atoms with Gasteiger partial charge >= 0.3 is 18.4 Å². The molecule has 0 radical (unpaired) electrons. The molecule has 0 saturated heterocycles. The maximum absolute atomic E-state index is 13.0. The summed E-state index contributed by atoms with van der Waals surface area (Å²) in [7, 11) is 0. The number of carbonyl (C=O) groups excluding carboxylic acids is 2. The van der Waals surface area contributed by atoms with Gasteiger partial charge in [-0.05, 0) is 40.2 Å². The molecule has 0 aliphatic heterocycles. The van der Waals surface area contributed by atoms with Gasteiger partial charge in [-0.1, -0.05) is 29.3 Å². The molecule has 2 rings (SSSR count). The molecule has 0 unspecified atom stereocenters. The lowest BCUT2D eigenvalue weighted by Gasteiger charge is -2.17. The van der Waals surface area contributed by atoms with Crippen LogP contribution < -0.4 is 10.6 Å². The summed E-state index contributed by atoms with van der Waals surface area (Å²) >= 11 is 14.1. The van der Waals surface area contributed by atoms with E-state index < -0.39 is 45.6 Å². The summed E-state index contributed by atoms with van der Waals surface area (Å²) in [6, 6.07) is 2.77. The van der Waals surface area contributed by atoms with Crippen molar-refractivity contribution in [3.8, 4) is 0 Å². The zero-order chi connectivity index (χ0) is 22.1. The van der Waals surface area contributed by atoms with E-state index in [0.29, 0.717) is 0 Å². The molecule has 0 atom stereocenters. The third-order valence-electron chi connectivity index (χ3n) is 3.37. The minimum Gasteiger partial charge on any atom is -0.307 e. The van der Waals surface area contributed by atoms with Crippen LogP contribution in [-0.2, 0) is 12.4 Å². The predicted octanol–water partition coefficient (Wildman–Crippen LogP) is 6.76. The van der Waals surface area contributed by atoms with Gasteiger partial charge in [0.15, 0.2) is 0 Å². The summed E-state index contributed by atoms with van der Waals surface area (Å²) in [6.45, 7) is 0. The van der Waals surface area contributed by atoms with Crippen molar-refractivity contribution in [2.24, 2.45) is 0 Å². The van der Waals surface area contributed by atoms with Crippen LogP contribution in [0.25, 0.3) is 0 Å². The van der Waals surface area contributed by atoms with Gasteiger partial charge in [0.1, 0.15) is 0 Å². The maximum Gasteiger partial charge on any atom is 0.417 e. The van der Waals surface area contributed by atoms with Gasteiger partial charge in [-0.15, -0.1) is 0 Å². The summed E-state index contributed by atoms with van der Waals surface area (Å²) in [5.41, 5.74) is -4.47. The molecule has 2 N–H and O–H groups in total. The van der Waals surface area contributed by atoms with E-state index in [2.05, 4.69) is 15.9 Å². The topological polar surface area (TPSA) is 58.2 Å². The molecule has 0 spiro atoms. The molecular formula is C16H7BrCl2F6N2O2. The first-order valence-electron chi connectivity index (χ1n) is 7.26. The Morgan fingerprint density at radius 1 is 0.931 bits per heavy atom. The maximum atomic E-state index is 13.0. The number of hydrogen-bond donors (Lipinski definition) is 2. The second-order valence-electron chi connectivity index (χ2n) is 5.39. The number of anilines is 1. The molecule has 0 fully saturated rings. The van der Waals surface area contributed by atoms with Crippen molar-refractivity contribution in [2.45, 2.75) is 12.4 Å². The summed E-state index contributed by atoms with van der Waals surface area (Å²) in [4.78, 5) is 24.1. The van der Waals surface area contributed by atoms with Crippen LogP contribution in [0.5, 0.6) is 0 Å². The first kappa shape index (κ1) is 23.3. The normalized spacial score (nSPS) is 11.9. The number of halogens is 9. The highest BCUT2D eigenvalue weighted by Gasteiger charge is 2.39. The third-order valence-corrected chi connectivity index (χ3v) is 4.85. The van der Waals surface area contributed by atoms with E-state index in [0.717, 1.165) is 0 Å². The number of rotatable bonds is 2. The van der Waals surface area contributed by atoms with Gasteiger partial charge in [-0.3, -0.25) is 10.1 Å². The number of carbonyl (C=O) groups is 2. The summed E-state index contributed by atoms with van der Waals surface area (Å²) in [6.07, 6.45) is -10.3. The fraction of sp³-hybridized carbons (Fsp3) is 0.125. The molecule has 29 heavy (non-hydrogen) atoms. The van der Waals surface area contributed by atoms with Crippen LogP contribution in [-0.4, -0.2) is 11.9 Å². The van der Waals surface area contributed by atoms with Crippen molar-refractivity contribution in [3.63, 3.8) is 0 Å². The van der Waals surface area contributed by atoms with Gasteiger partial charge in [-0.25, -0.2) is 4.79 Å². The highest BCUT2D eigenvalue weighted by Crippen LogP contribution is 2.43. The fourth-order valence-electron chi connectivity index (χ4n) is 2.12. The van der Waals surface area contributed by atoms with Gasteiger partial charge < -0.3 is 5.32 Å². The number of alkyl halides is 6. The van der Waals surface area contributed by atoms with E-state index in [1.807, 2.05) is 0 Å². The Morgan fingerprint density at radius 3 is 1.97 bits per heavy atom. The van der Waals surface area contributed by atoms with Crippen LogP contribution in [0.2, 0.25) is 10.0 Å². The minimum atomic E-state index is -5.14. The van der Waals surface area contributed by atoms with E-state index in [4.69, 9.17) is 23.2 Å². The zero-order valence-corrected chi connectivity index (χ0v) is 16.7. The third kappa shape index (κ3) is 5.55. The molecule has 2 aromatic carbocycles. The fourth-order valence-corrected chi connectivity index (χ4v) is 3.24. The van der Waals surface area contributed by atoms with Crippen LogP contribution in [0.1, 0.15) is 21.5 Å². The molecule has 0 aliphatic rings. The lowest BCUT2D eigenvalue weighted by molar-refractivity contribution is -0.143. The van der Waals surface area contributed by atoms with Crippen LogP contribution in [0.3, 0.4) is 0 Å². The van der Waals surface area contributed by atoms with Crippen LogP contribution in [0.4, 0.5) is 36.8 Å². The second-order valence-corrected chi connectivity index (χ2v) is 6.99. The number of urea groups is 1. The molecule has 13 heteroatoms. The SMILES string of the molecule is O=C(NC(=O)c1c(Cl)cccc1Cl)Nc1cc(C(F)(F)F)cc(C(F)(F)F)c1Br. The lowest BCUT2D eigenvalue weighted by atomic mass is 10.1. The zero-order valence-electron chi connectivity index (χ0n) is 13.6. The molecule has 0 heterocycles. The number of amides is 3. The Morgan fingerprint density at radius 2 is 1.48 bits per heavy atom. The molecule has 0 bridgehead atoms. The smallest absolute Gasteiger partial charge is 0.307 e. The van der Waals surface area contributed by atoms with Crippen molar-refractivity contribution in [1.29, 1.82) is 0 Å². The Hall–Kier alpha value is -1.98. The molecule has 156 valence electrons. The van der Waals surface area contributed by atoms with Crippen LogP contribution in [0, 0.1) is 0 Å². The van der Waals surface area contributed by atoms with Gasteiger partial charge in [0, 0.05) is 0 Å². The van der Waals surface area contributed by atoms with Gasteiger partial charge in [0.2, 0.25) is 0 Å². The van der Waals surface area contributed by atoms with Crippen molar-refractivity contribution in [3.05, 3.63) is 61.5 Å². The van der Waals surface area contributed by atoms with E-state index >= 15 is 0 Å². The summed E-state index contributed by atoms with van der Waals surface area (Å²) in [5.74, 6) is -1.11. The molecule has 0 saturated carbocycles. The summed E-state index contributed by atoms with van der Waals surface area (Å²) < 4.78 is 77.1. The van der Waals surface area contributed by atoms with E-state index in [1.54, 1.807) is 10.6 Å². The molecule has 4 nitrogen and oxygen atoms in total. The second kappa shape index (κ2) is 8.41. The Kier molecular flexibility index (Phi) is 6.75. The number of nitrogens with one attached hydrogen (secondary N) is 2. The molecule has 2 aromatic rings. The van der Waals surface area contributed by atoms with E-state index in [9.17, 15) is 35.9 Å². The Labute approximate surface area is 177 Å². The largest absolute Gasteiger partial charge is 0.417 e. The quantitative estimate of drug-likeness (QED) is 0.427. The molecular weight excluding hydrogens is 517 g/mol. The molecule has 0 aliphatic carbocycles. The minimum absolute atomic E-state index is 0.109. The van der Waals surface area contributed by atoms with E-state index in [1.165, 1.54) is 18.2 Å². The van der Waals surface area contributed by atoms with Gasteiger partial charge in [0.05, 0.1) is 36.9 Å². The van der Waals surface area contributed by atoms with Crippen molar-refractivity contribution in [1.82, 2.24) is 5.32 Å². The highest BCUT2D eigenvalue weighted by atomic mass is 79.9. The van der Waals surface area contributed by atoms with E-state index in [-0.39, 0.29) is 27.7 Å². The first-order chi connectivity index (χ1) is 13.2. The Bertz CT molecular complexity index is 959. The number of benzene rings is 2. The van der Waals surface area contributed by atoms with Crippen LogP contribution in [0.15, 0.2) is 34.8 Å². The van der Waals surface area contributed by atoms with Crippen LogP contribution >= 0.6 is 39.1 Å². The molecule has 3 amide bonds. The highest BCUT2D eigenvalue weighted by molar-refractivity contribution is 9.10. The van der Waals surface area contributed by atoms with Crippen molar-refractivity contribution < 1.29 is 35.9 Å².